The molecule has 0 aliphatic heterocycles. The quantitative estimate of drug-likeness (QED) is 0.419. The van der Waals surface area contributed by atoms with Gasteiger partial charge in [0.1, 0.15) is 0 Å². The van der Waals surface area contributed by atoms with Crippen LogP contribution in [0.4, 0.5) is 0 Å². The largest absolute Gasteiger partial charge is 0.454 e. The van der Waals surface area contributed by atoms with E-state index in [1.54, 1.807) is 31.4 Å². The molecule has 0 atom stereocenters. The van der Waals surface area contributed by atoms with Gasteiger partial charge in [-0.3, -0.25) is 4.79 Å². The number of Topliss-reactive ketones (excluding diaryl/α,β-unsaturated/α-hetero) is 1. The van der Waals surface area contributed by atoms with Crippen LogP contribution in [0.25, 0.3) is 0 Å². The average Bonchev–Trinajstić information content (AvgIpc) is 2.88. The fraction of sp³-hybridized carbons (Fsp3) is 0.300. The van der Waals surface area contributed by atoms with Gasteiger partial charge in [-0.1, -0.05) is 18.2 Å². The van der Waals surface area contributed by atoms with Crippen LogP contribution in [-0.2, 0) is 22.6 Å². The molecular formula is C20H23NO4. The summed E-state index contributed by atoms with van der Waals surface area (Å²) >= 11 is 0. The van der Waals surface area contributed by atoms with E-state index in [9.17, 15) is 9.59 Å². The van der Waals surface area contributed by atoms with Crippen molar-refractivity contribution >= 4 is 11.8 Å². The summed E-state index contributed by atoms with van der Waals surface area (Å²) in [5.41, 5.74) is 3.66. The fourth-order valence-corrected chi connectivity index (χ4v) is 2.74. The summed E-state index contributed by atoms with van der Waals surface area (Å²) in [4.78, 5) is 24.6. The molecule has 2 aromatic rings. The Morgan fingerprint density at radius 2 is 2.00 bits per heavy atom. The topological polar surface area (TPSA) is 57.5 Å². The summed E-state index contributed by atoms with van der Waals surface area (Å²) in [6.45, 7) is 8.29. The molecule has 0 unspecified atom stereocenters. The second-order valence-electron chi connectivity index (χ2n) is 5.82. The number of carbonyl (C=O) groups excluding carboxylic acids is 2. The Morgan fingerprint density at radius 3 is 2.68 bits per heavy atom. The van der Waals surface area contributed by atoms with E-state index in [1.165, 1.54) is 0 Å². The van der Waals surface area contributed by atoms with Gasteiger partial charge in [-0.15, -0.1) is 6.58 Å². The Labute approximate surface area is 147 Å². The number of esters is 1. The molecule has 0 spiro atoms. The Balaban J connectivity index is 2.05. The van der Waals surface area contributed by atoms with Crippen LogP contribution in [-0.4, -0.2) is 30.0 Å². The van der Waals surface area contributed by atoms with Gasteiger partial charge >= 0.3 is 5.97 Å². The molecule has 0 fully saturated rings. The van der Waals surface area contributed by atoms with Gasteiger partial charge < -0.3 is 14.0 Å². The van der Waals surface area contributed by atoms with Crippen LogP contribution in [0.2, 0.25) is 0 Å². The van der Waals surface area contributed by atoms with Gasteiger partial charge in [0.05, 0.1) is 12.2 Å². The molecule has 1 heterocycles. The van der Waals surface area contributed by atoms with Gasteiger partial charge in [-0.25, -0.2) is 4.79 Å². The summed E-state index contributed by atoms with van der Waals surface area (Å²) < 4.78 is 12.2. The molecule has 0 aliphatic rings. The van der Waals surface area contributed by atoms with Crippen molar-refractivity contribution in [1.82, 2.24) is 4.57 Å². The highest BCUT2D eigenvalue weighted by Gasteiger charge is 2.17. The van der Waals surface area contributed by atoms with E-state index in [2.05, 4.69) is 6.58 Å². The number of hydrogen-bond donors (Lipinski definition) is 0. The first-order chi connectivity index (χ1) is 12.0. The molecule has 132 valence electrons. The normalized spacial score (nSPS) is 10.5. The number of hydrogen-bond acceptors (Lipinski definition) is 4. The monoisotopic (exact) mass is 341 g/mol. The highest BCUT2D eigenvalue weighted by Crippen LogP contribution is 2.16. The van der Waals surface area contributed by atoms with Gasteiger partial charge in [0.2, 0.25) is 5.78 Å². The minimum Gasteiger partial charge on any atom is -0.454 e. The van der Waals surface area contributed by atoms with Crippen molar-refractivity contribution in [2.75, 3.05) is 13.7 Å². The standard InChI is InChI=1S/C20H23NO4/c1-5-9-21-14(2)10-18(15(21)3)19(22)13-25-20(23)17-8-6-7-16(11-17)12-24-4/h5-8,10-11H,1,9,12-13H2,2-4H3. The fourth-order valence-electron chi connectivity index (χ4n) is 2.74. The minimum absolute atomic E-state index is 0.218. The molecule has 0 aliphatic carbocycles. The Morgan fingerprint density at radius 1 is 1.24 bits per heavy atom. The summed E-state index contributed by atoms with van der Waals surface area (Å²) in [7, 11) is 1.59. The van der Waals surface area contributed by atoms with Crippen molar-refractivity contribution in [2.24, 2.45) is 0 Å². The van der Waals surface area contributed by atoms with Crippen molar-refractivity contribution in [2.45, 2.75) is 27.0 Å². The van der Waals surface area contributed by atoms with E-state index in [-0.39, 0.29) is 12.4 Å². The van der Waals surface area contributed by atoms with E-state index in [4.69, 9.17) is 9.47 Å². The van der Waals surface area contributed by atoms with E-state index < -0.39 is 5.97 Å². The lowest BCUT2D eigenvalue weighted by Crippen LogP contribution is -2.15. The van der Waals surface area contributed by atoms with Crippen molar-refractivity contribution in [3.63, 3.8) is 0 Å². The van der Waals surface area contributed by atoms with Gasteiger partial charge in [0.25, 0.3) is 0 Å². The summed E-state index contributed by atoms with van der Waals surface area (Å²) in [6, 6.07) is 8.79. The average molecular weight is 341 g/mol. The van der Waals surface area contributed by atoms with Crippen molar-refractivity contribution in [1.29, 1.82) is 0 Å². The number of aryl methyl sites for hydroxylation is 1. The van der Waals surface area contributed by atoms with E-state index in [1.807, 2.05) is 30.5 Å². The first-order valence-electron chi connectivity index (χ1n) is 8.03. The van der Waals surface area contributed by atoms with Gasteiger partial charge in [-0.2, -0.15) is 0 Å². The smallest absolute Gasteiger partial charge is 0.338 e. The maximum absolute atomic E-state index is 12.4. The van der Waals surface area contributed by atoms with Gasteiger partial charge in [-0.05, 0) is 37.6 Å². The third kappa shape index (κ3) is 4.45. The number of aromatic nitrogens is 1. The SMILES string of the molecule is C=CCn1c(C)cc(C(=O)COC(=O)c2cccc(COC)c2)c1C. The van der Waals surface area contributed by atoms with Gasteiger partial charge in [0, 0.05) is 30.6 Å². The van der Waals surface area contributed by atoms with E-state index >= 15 is 0 Å². The maximum Gasteiger partial charge on any atom is 0.338 e. The number of allylic oxidation sites excluding steroid dienone is 1. The lowest BCUT2D eigenvalue weighted by molar-refractivity contribution is 0.0474. The minimum atomic E-state index is -0.522. The predicted octanol–water partition coefficient (Wildman–Crippen LogP) is 3.48. The van der Waals surface area contributed by atoms with Crippen molar-refractivity contribution in [3.8, 4) is 0 Å². The summed E-state index contributed by atoms with van der Waals surface area (Å²) in [6.07, 6.45) is 1.78. The van der Waals surface area contributed by atoms with Crippen LogP contribution in [0.1, 0.15) is 37.7 Å². The van der Waals surface area contributed by atoms with Crippen LogP contribution in [0.5, 0.6) is 0 Å². The highest BCUT2D eigenvalue weighted by atomic mass is 16.5. The molecule has 5 nitrogen and oxygen atoms in total. The first kappa shape index (κ1) is 18.7. The number of nitrogens with zero attached hydrogens (tertiary/aromatic N) is 1. The maximum atomic E-state index is 12.4. The molecule has 0 bridgehead atoms. The molecule has 0 saturated heterocycles. The molecule has 0 amide bonds. The van der Waals surface area contributed by atoms with E-state index in [0.717, 1.165) is 17.0 Å². The number of ether oxygens (including phenoxy) is 2. The van der Waals surface area contributed by atoms with Crippen LogP contribution in [0.15, 0.2) is 43.0 Å². The lowest BCUT2D eigenvalue weighted by Gasteiger charge is -2.07. The zero-order valence-electron chi connectivity index (χ0n) is 14.9. The molecule has 0 saturated carbocycles. The number of methoxy groups -OCH3 is 1. The van der Waals surface area contributed by atoms with Crippen LogP contribution in [0, 0.1) is 13.8 Å². The highest BCUT2D eigenvalue weighted by molar-refractivity contribution is 6.00. The van der Waals surface area contributed by atoms with Crippen LogP contribution >= 0.6 is 0 Å². The summed E-state index contributed by atoms with van der Waals surface area (Å²) in [5.74, 6) is -0.740. The molecule has 5 heteroatoms. The van der Waals surface area contributed by atoms with E-state index in [0.29, 0.717) is 24.3 Å². The lowest BCUT2D eigenvalue weighted by atomic mass is 10.1. The molecule has 2 rings (SSSR count). The third-order valence-corrected chi connectivity index (χ3v) is 3.99. The molecule has 1 aromatic heterocycles. The van der Waals surface area contributed by atoms with Crippen molar-refractivity contribution in [3.05, 3.63) is 71.1 Å². The molecule has 0 radical (unpaired) electrons. The summed E-state index contributed by atoms with van der Waals surface area (Å²) in [5, 5.41) is 0. The zero-order valence-corrected chi connectivity index (χ0v) is 14.9. The first-order valence-corrected chi connectivity index (χ1v) is 8.03. The van der Waals surface area contributed by atoms with Crippen molar-refractivity contribution < 1.29 is 19.1 Å². The Bertz CT molecular complexity index is 789. The second kappa shape index (κ2) is 8.44. The molecule has 0 N–H and O–H groups in total. The predicted molar refractivity (Wildman–Crippen MR) is 95.9 cm³/mol. The molecular weight excluding hydrogens is 318 g/mol. The number of carbonyl (C=O) groups is 2. The Hall–Kier alpha value is -2.66. The number of rotatable bonds is 8. The number of ketones is 1. The Kier molecular flexibility index (Phi) is 6.31. The van der Waals surface area contributed by atoms with Crippen LogP contribution < -0.4 is 0 Å². The second-order valence-corrected chi connectivity index (χ2v) is 5.82. The zero-order chi connectivity index (χ0) is 18.4. The number of benzene rings is 1. The molecule has 1 aromatic carbocycles. The third-order valence-electron chi connectivity index (χ3n) is 3.99. The van der Waals surface area contributed by atoms with Gasteiger partial charge in [0.15, 0.2) is 6.61 Å². The molecule has 25 heavy (non-hydrogen) atoms. The van der Waals surface area contributed by atoms with Crippen LogP contribution in [0.3, 0.4) is 0 Å².